The fraction of sp³-hybridized carbons (Fsp3) is 0.333. The van der Waals surface area contributed by atoms with Crippen molar-refractivity contribution in [3.8, 4) is 11.8 Å². The molecule has 1 saturated carbocycles. The lowest BCUT2D eigenvalue weighted by molar-refractivity contribution is -0.123. The van der Waals surface area contributed by atoms with Crippen LogP contribution in [-0.4, -0.2) is 47.0 Å². The molecule has 9 nitrogen and oxygen atoms in total. The van der Waals surface area contributed by atoms with Crippen molar-refractivity contribution < 1.29 is 14.3 Å². The van der Waals surface area contributed by atoms with Crippen molar-refractivity contribution in [3.05, 3.63) is 54.8 Å². The predicted molar refractivity (Wildman–Crippen MR) is 123 cm³/mol. The highest BCUT2D eigenvalue weighted by molar-refractivity contribution is 6.11. The van der Waals surface area contributed by atoms with E-state index in [0.29, 0.717) is 30.4 Å². The Hall–Kier alpha value is -3.90. The highest BCUT2D eigenvalue weighted by Crippen LogP contribution is 2.50. The van der Waals surface area contributed by atoms with Gasteiger partial charge in [-0.3, -0.25) is 14.4 Å². The minimum atomic E-state index is -0.669. The molecule has 3 heterocycles. The van der Waals surface area contributed by atoms with Crippen LogP contribution in [0.4, 0.5) is 11.4 Å². The van der Waals surface area contributed by atoms with Crippen LogP contribution in [0.3, 0.4) is 0 Å². The first-order valence-corrected chi connectivity index (χ1v) is 10.8. The van der Waals surface area contributed by atoms with E-state index in [1.807, 2.05) is 40.0 Å². The molecule has 0 unspecified atom stereocenters. The summed E-state index contributed by atoms with van der Waals surface area (Å²) < 4.78 is 12.4. The number of nitrogens with zero attached hydrogens (tertiary/aromatic N) is 6. The van der Waals surface area contributed by atoms with Crippen LogP contribution < -0.4 is 14.5 Å². The first kappa shape index (κ1) is 21.0. The van der Waals surface area contributed by atoms with Crippen molar-refractivity contribution in [1.82, 2.24) is 14.8 Å². The van der Waals surface area contributed by atoms with Crippen LogP contribution in [0, 0.1) is 11.3 Å². The number of carbonyl (C=O) groups is 1. The van der Waals surface area contributed by atoms with Gasteiger partial charge in [0, 0.05) is 24.2 Å². The number of carbonyl (C=O) groups excluding carboxylic acids is 1. The number of methoxy groups -OCH3 is 2. The molecule has 2 fully saturated rings. The van der Waals surface area contributed by atoms with E-state index in [1.54, 1.807) is 18.1 Å². The average molecular weight is 444 g/mol. The van der Waals surface area contributed by atoms with Gasteiger partial charge in [-0.1, -0.05) is 6.58 Å². The van der Waals surface area contributed by atoms with E-state index in [0.717, 1.165) is 35.9 Å². The highest BCUT2D eigenvalue weighted by atomic mass is 16.5. The van der Waals surface area contributed by atoms with Gasteiger partial charge in [0.15, 0.2) is 11.4 Å². The second-order valence-electron chi connectivity index (χ2n) is 8.24. The number of hydrogen-bond donors (Lipinski definition) is 0. The second kappa shape index (κ2) is 7.90. The number of nitriles is 1. The van der Waals surface area contributed by atoms with Crippen molar-refractivity contribution >= 4 is 28.2 Å². The van der Waals surface area contributed by atoms with E-state index in [2.05, 4.69) is 16.7 Å². The van der Waals surface area contributed by atoms with Gasteiger partial charge in [-0.15, -0.1) is 0 Å². The van der Waals surface area contributed by atoms with Crippen LogP contribution in [0.1, 0.15) is 25.0 Å². The predicted octanol–water partition coefficient (Wildman–Crippen LogP) is 3.21. The normalized spacial score (nSPS) is 17.0. The third-order valence-corrected chi connectivity index (χ3v) is 6.54. The lowest BCUT2D eigenvalue weighted by atomic mass is 9.75. The molecule has 2 aromatic heterocycles. The summed E-state index contributed by atoms with van der Waals surface area (Å²) in [6.45, 7) is 5.53. The maximum Gasteiger partial charge on any atom is 0.259 e. The Bertz CT molecular complexity index is 1300. The lowest BCUT2D eigenvalue weighted by Gasteiger charge is -2.43. The van der Waals surface area contributed by atoms with E-state index in [1.165, 1.54) is 13.3 Å². The Kier molecular flexibility index (Phi) is 5.02. The number of amides is 1. The zero-order valence-electron chi connectivity index (χ0n) is 18.6. The fourth-order valence-electron chi connectivity index (χ4n) is 4.75. The summed E-state index contributed by atoms with van der Waals surface area (Å²) in [6, 6.07) is 9.74. The average Bonchev–Trinajstić information content (AvgIpc) is 3.31. The van der Waals surface area contributed by atoms with Crippen molar-refractivity contribution in [3.63, 3.8) is 0 Å². The quantitative estimate of drug-likeness (QED) is 0.576. The van der Waals surface area contributed by atoms with Crippen LogP contribution in [0.5, 0.6) is 5.75 Å². The molecule has 1 spiro atoms. The van der Waals surface area contributed by atoms with E-state index in [9.17, 15) is 10.1 Å². The zero-order valence-corrected chi connectivity index (χ0v) is 18.6. The second-order valence-corrected chi connectivity index (χ2v) is 8.24. The molecule has 9 heteroatoms. The summed E-state index contributed by atoms with van der Waals surface area (Å²) in [6.07, 6.45) is 5.80. The Balaban J connectivity index is 1.55. The first-order chi connectivity index (χ1) is 16.0. The van der Waals surface area contributed by atoms with E-state index >= 15 is 0 Å². The number of pyridine rings is 1. The summed E-state index contributed by atoms with van der Waals surface area (Å²) >= 11 is 0. The van der Waals surface area contributed by atoms with Gasteiger partial charge in [0.25, 0.3) is 5.91 Å². The smallest absolute Gasteiger partial charge is 0.259 e. The molecule has 1 saturated heterocycles. The standard InChI is InChI=1S/C24H24N6O3/c1-16-29(19-12-22(33-3)20(13-25)26-15-19)23(31)24(7-4-8-24)30(16)18-5-6-21-17(11-18)14-27-28(21)9-10-32-2/h5-6,11-12,14-15H,1,4,7-10H2,2-3H3. The highest BCUT2D eigenvalue weighted by Gasteiger charge is 2.58. The topological polar surface area (TPSA) is 96.5 Å². The molecule has 2 aliphatic rings. The molecule has 3 aromatic rings. The molecule has 1 aromatic carbocycles. The summed E-state index contributed by atoms with van der Waals surface area (Å²) in [7, 11) is 3.15. The fourth-order valence-corrected chi connectivity index (χ4v) is 4.75. The molecule has 1 amide bonds. The van der Waals surface area contributed by atoms with Crippen LogP contribution in [0.2, 0.25) is 0 Å². The van der Waals surface area contributed by atoms with Gasteiger partial charge < -0.3 is 14.4 Å². The molecule has 5 rings (SSSR count). The number of aromatic nitrogens is 3. The van der Waals surface area contributed by atoms with Gasteiger partial charge in [-0.05, 0) is 37.5 Å². The van der Waals surface area contributed by atoms with E-state index in [4.69, 9.17) is 9.47 Å². The lowest BCUT2D eigenvalue weighted by Crippen LogP contribution is -2.54. The maximum atomic E-state index is 13.7. The molecule has 0 atom stereocenters. The largest absolute Gasteiger partial charge is 0.494 e. The summed E-state index contributed by atoms with van der Waals surface area (Å²) in [5.74, 6) is 0.837. The Morgan fingerprint density at radius 3 is 2.70 bits per heavy atom. The van der Waals surface area contributed by atoms with Crippen LogP contribution in [0.25, 0.3) is 10.9 Å². The monoisotopic (exact) mass is 444 g/mol. The van der Waals surface area contributed by atoms with Gasteiger partial charge in [0.1, 0.15) is 17.4 Å². The van der Waals surface area contributed by atoms with Gasteiger partial charge in [0.2, 0.25) is 0 Å². The zero-order chi connectivity index (χ0) is 23.2. The molecule has 1 aliphatic heterocycles. The van der Waals surface area contributed by atoms with Crippen LogP contribution in [-0.2, 0) is 16.1 Å². The molecular formula is C24H24N6O3. The van der Waals surface area contributed by atoms with Crippen LogP contribution in [0.15, 0.2) is 49.1 Å². The number of rotatable bonds is 6. The summed E-state index contributed by atoms with van der Waals surface area (Å²) in [5, 5.41) is 14.7. The minimum absolute atomic E-state index is 0.0387. The third-order valence-electron chi connectivity index (χ3n) is 6.54. The Labute approximate surface area is 191 Å². The molecule has 168 valence electrons. The van der Waals surface area contributed by atoms with Gasteiger partial charge in [0.05, 0.1) is 43.9 Å². The molecule has 33 heavy (non-hydrogen) atoms. The number of hydrogen-bond acceptors (Lipinski definition) is 7. The third kappa shape index (κ3) is 3.06. The van der Waals surface area contributed by atoms with E-state index in [-0.39, 0.29) is 11.6 Å². The SMILES string of the molecule is C=C1N(c2cnc(C#N)c(OC)c2)C(=O)C2(CCC2)N1c1ccc2c(cnn2CCOC)c1. The maximum absolute atomic E-state index is 13.7. The molecule has 0 radical (unpaired) electrons. The Morgan fingerprint density at radius 2 is 2.03 bits per heavy atom. The van der Waals surface area contributed by atoms with Crippen molar-refractivity contribution in [2.45, 2.75) is 31.3 Å². The Morgan fingerprint density at radius 1 is 1.21 bits per heavy atom. The van der Waals surface area contributed by atoms with Gasteiger partial charge in [-0.2, -0.15) is 10.4 Å². The molecule has 0 bridgehead atoms. The molecule has 1 aliphatic carbocycles. The number of fused-ring (bicyclic) bond motifs is 1. The van der Waals surface area contributed by atoms with E-state index < -0.39 is 5.54 Å². The number of benzene rings is 1. The number of anilines is 2. The van der Waals surface area contributed by atoms with Gasteiger partial charge >= 0.3 is 0 Å². The molecule has 0 N–H and O–H groups in total. The van der Waals surface area contributed by atoms with Crippen LogP contribution >= 0.6 is 0 Å². The first-order valence-electron chi connectivity index (χ1n) is 10.8. The van der Waals surface area contributed by atoms with Crippen molar-refractivity contribution in [2.24, 2.45) is 0 Å². The number of ether oxygens (including phenoxy) is 2. The summed E-state index contributed by atoms with van der Waals surface area (Å²) in [5.41, 5.74) is 1.93. The molecular weight excluding hydrogens is 420 g/mol. The van der Waals surface area contributed by atoms with Gasteiger partial charge in [-0.25, -0.2) is 4.98 Å². The van der Waals surface area contributed by atoms with Crippen molar-refractivity contribution in [1.29, 1.82) is 5.26 Å². The summed E-state index contributed by atoms with van der Waals surface area (Å²) in [4.78, 5) is 21.5. The minimum Gasteiger partial charge on any atom is -0.494 e. The van der Waals surface area contributed by atoms with Crippen molar-refractivity contribution in [2.75, 3.05) is 30.6 Å².